The SMILES string of the molecule is CCNC(=NCC(C)c1c(Cl)cccc1Cl)N1CCC(CC(=O)NC)CC1.I. The van der Waals surface area contributed by atoms with E-state index >= 15 is 0 Å². The lowest BCUT2D eigenvalue weighted by Gasteiger charge is -2.34. The predicted octanol–water partition coefficient (Wildman–Crippen LogP) is 4.53. The predicted molar refractivity (Wildman–Crippen MR) is 129 cm³/mol. The van der Waals surface area contributed by atoms with Gasteiger partial charge >= 0.3 is 0 Å². The van der Waals surface area contributed by atoms with Crippen LogP contribution in [0, 0.1) is 5.92 Å². The standard InChI is InChI=1S/C20H30Cl2N4O.HI/c1-4-24-20(26-10-8-15(9-11-26)12-18(27)23-3)25-13-14(2)19-16(21)6-5-7-17(19)22;/h5-7,14-15H,4,8-13H2,1-3H3,(H,23,27)(H,24,25);1H. The number of aliphatic imine (C=N–C) groups is 1. The fraction of sp³-hybridized carbons (Fsp3) is 0.600. The highest BCUT2D eigenvalue weighted by atomic mass is 127. The first kappa shape index (κ1) is 25.3. The molecule has 1 atom stereocenters. The smallest absolute Gasteiger partial charge is 0.220 e. The number of piperidine rings is 1. The first-order chi connectivity index (χ1) is 13.0. The van der Waals surface area contributed by atoms with Gasteiger partial charge in [0.25, 0.3) is 0 Å². The number of amides is 1. The first-order valence-electron chi connectivity index (χ1n) is 9.64. The summed E-state index contributed by atoms with van der Waals surface area (Å²) in [4.78, 5) is 18.7. The molecule has 0 saturated carbocycles. The Morgan fingerprint density at radius 3 is 2.43 bits per heavy atom. The van der Waals surface area contributed by atoms with Gasteiger partial charge in [0.2, 0.25) is 5.91 Å². The molecule has 0 radical (unpaired) electrons. The Balaban J connectivity index is 0.00000392. The number of rotatable bonds is 6. The van der Waals surface area contributed by atoms with Crippen molar-refractivity contribution in [2.24, 2.45) is 10.9 Å². The fourth-order valence-corrected chi connectivity index (χ4v) is 4.21. The number of nitrogens with zero attached hydrogens (tertiary/aromatic N) is 2. The van der Waals surface area contributed by atoms with Gasteiger partial charge in [0, 0.05) is 55.6 Å². The molecule has 1 amide bonds. The van der Waals surface area contributed by atoms with Crippen molar-refractivity contribution < 1.29 is 4.79 Å². The van der Waals surface area contributed by atoms with E-state index in [2.05, 4.69) is 29.4 Å². The van der Waals surface area contributed by atoms with Crippen LogP contribution in [0.25, 0.3) is 0 Å². The van der Waals surface area contributed by atoms with E-state index in [1.165, 1.54) is 0 Å². The highest BCUT2D eigenvalue weighted by Gasteiger charge is 2.23. The Labute approximate surface area is 195 Å². The average Bonchev–Trinajstić information content (AvgIpc) is 2.65. The third-order valence-electron chi connectivity index (χ3n) is 5.01. The quantitative estimate of drug-likeness (QED) is 0.316. The van der Waals surface area contributed by atoms with Crippen molar-refractivity contribution in [1.82, 2.24) is 15.5 Å². The fourth-order valence-electron chi connectivity index (χ4n) is 3.44. The van der Waals surface area contributed by atoms with Gasteiger partial charge < -0.3 is 15.5 Å². The average molecular weight is 541 g/mol. The third kappa shape index (κ3) is 7.26. The lowest BCUT2D eigenvalue weighted by molar-refractivity contribution is -0.121. The van der Waals surface area contributed by atoms with Crippen LogP contribution >= 0.6 is 47.2 Å². The Morgan fingerprint density at radius 2 is 1.89 bits per heavy atom. The van der Waals surface area contributed by atoms with E-state index in [1.54, 1.807) is 7.05 Å². The summed E-state index contributed by atoms with van der Waals surface area (Å²) in [6, 6.07) is 5.59. The Kier molecular flexibility index (Phi) is 11.5. The summed E-state index contributed by atoms with van der Waals surface area (Å²) in [5, 5.41) is 7.47. The van der Waals surface area contributed by atoms with Gasteiger partial charge in [0.1, 0.15) is 0 Å². The summed E-state index contributed by atoms with van der Waals surface area (Å²) in [6.45, 7) is 7.42. The molecule has 0 aliphatic carbocycles. The van der Waals surface area contributed by atoms with Gasteiger partial charge in [-0.3, -0.25) is 9.79 Å². The summed E-state index contributed by atoms with van der Waals surface area (Å²) in [5.74, 6) is 1.63. The van der Waals surface area contributed by atoms with Crippen LogP contribution in [0.1, 0.15) is 44.6 Å². The van der Waals surface area contributed by atoms with Gasteiger partial charge in [0.15, 0.2) is 5.96 Å². The Hall–Kier alpha value is -0.730. The topological polar surface area (TPSA) is 56.7 Å². The summed E-state index contributed by atoms with van der Waals surface area (Å²) in [6.07, 6.45) is 2.62. The molecule has 2 rings (SSSR count). The van der Waals surface area contributed by atoms with Gasteiger partial charge in [-0.05, 0) is 43.4 Å². The lowest BCUT2D eigenvalue weighted by atomic mass is 9.93. The van der Waals surface area contributed by atoms with Crippen LogP contribution in [0.15, 0.2) is 23.2 Å². The summed E-state index contributed by atoms with van der Waals surface area (Å²) >= 11 is 12.7. The molecule has 1 aromatic carbocycles. The molecule has 2 N–H and O–H groups in total. The number of carbonyl (C=O) groups is 1. The molecule has 1 aromatic rings. The molecule has 1 unspecified atom stereocenters. The molecule has 8 heteroatoms. The minimum Gasteiger partial charge on any atom is -0.359 e. The maximum atomic E-state index is 11.6. The van der Waals surface area contributed by atoms with Crippen molar-refractivity contribution in [1.29, 1.82) is 0 Å². The number of carbonyl (C=O) groups excluding carboxylic acids is 1. The molecule has 0 spiro atoms. The molecular weight excluding hydrogens is 510 g/mol. The van der Waals surface area contributed by atoms with Crippen LogP contribution in [0.3, 0.4) is 0 Å². The van der Waals surface area contributed by atoms with Crippen molar-refractivity contribution in [2.75, 3.05) is 33.2 Å². The van der Waals surface area contributed by atoms with Gasteiger partial charge in [0.05, 0.1) is 0 Å². The van der Waals surface area contributed by atoms with E-state index in [1.807, 2.05) is 18.2 Å². The Bertz CT molecular complexity index is 643. The molecule has 1 heterocycles. The van der Waals surface area contributed by atoms with Gasteiger partial charge in [-0.2, -0.15) is 0 Å². The third-order valence-corrected chi connectivity index (χ3v) is 5.67. The first-order valence-corrected chi connectivity index (χ1v) is 10.4. The van der Waals surface area contributed by atoms with Gasteiger partial charge in [-0.15, -0.1) is 24.0 Å². The van der Waals surface area contributed by atoms with Crippen molar-refractivity contribution in [3.8, 4) is 0 Å². The van der Waals surface area contributed by atoms with E-state index in [4.69, 9.17) is 28.2 Å². The molecule has 1 saturated heterocycles. The molecule has 1 aliphatic rings. The van der Waals surface area contributed by atoms with Crippen LogP contribution < -0.4 is 10.6 Å². The second-order valence-corrected chi connectivity index (χ2v) is 7.85. The summed E-state index contributed by atoms with van der Waals surface area (Å²) < 4.78 is 0. The normalized spacial score (nSPS) is 16.3. The number of hydrogen-bond acceptors (Lipinski definition) is 2. The van der Waals surface area contributed by atoms with Crippen LogP contribution in [0.4, 0.5) is 0 Å². The summed E-state index contributed by atoms with van der Waals surface area (Å²) in [7, 11) is 1.69. The zero-order chi connectivity index (χ0) is 19.8. The van der Waals surface area contributed by atoms with E-state index in [9.17, 15) is 4.79 Å². The minimum atomic E-state index is 0. The highest BCUT2D eigenvalue weighted by Crippen LogP contribution is 2.31. The van der Waals surface area contributed by atoms with Crippen molar-refractivity contribution in [2.45, 2.75) is 39.0 Å². The number of benzene rings is 1. The largest absolute Gasteiger partial charge is 0.359 e. The van der Waals surface area contributed by atoms with Crippen molar-refractivity contribution in [3.63, 3.8) is 0 Å². The number of guanidine groups is 1. The molecular formula is C20H31Cl2IN4O. The summed E-state index contributed by atoms with van der Waals surface area (Å²) in [5.41, 5.74) is 0.949. The second kappa shape index (κ2) is 12.8. The highest BCUT2D eigenvalue weighted by molar-refractivity contribution is 14.0. The van der Waals surface area contributed by atoms with E-state index in [0.717, 1.165) is 44.0 Å². The molecule has 0 bridgehead atoms. The zero-order valence-electron chi connectivity index (χ0n) is 16.8. The van der Waals surface area contributed by atoms with Gasteiger partial charge in [-0.25, -0.2) is 0 Å². The molecule has 158 valence electrons. The molecule has 0 aromatic heterocycles. The van der Waals surface area contributed by atoms with E-state index in [0.29, 0.717) is 28.9 Å². The maximum Gasteiger partial charge on any atom is 0.220 e. The number of hydrogen-bond donors (Lipinski definition) is 2. The van der Waals surface area contributed by atoms with Crippen molar-refractivity contribution in [3.05, 3.63) is 33.8 Å². The number of nitrogens with one attached hydrogen (secondary N) is 2. The van der Waals surface area contributed by atoms with Crippen molar-refractivity contribution >= 4 is 59.0 Å². The zero-order valence-corrected chi connectivity index (χ0v) is 20.6. The van der Waals surface area contributed by atoms with Gasteiger partial charge in [-0.1, -0.05) is 36.2 Å². The number of halogens is 3. The molecule has 1 fully saturated rings. The molecule has 1 aliphatic heterocycles. The van der Waals surface area contributed by atoms with Crippen LogP contribution in [-0.2, 0) is 4.79 Å². The van der Waals surface area contributed by atoms with E-state index in [-0.39, 0.29) is 35.8 Å². The molecule has 28 heavy (non-hydrogen) atoms. The van der Waals surface area contributed by atoms with E-state index < -0.39 is 0 Å². The monoisotopic (exact) mass is 540 g/mol. The van der Waals surface area contributed by atoms with Crippen LogP contribution in [-0.4, -0.2) is 50.0 Å². The van der Waals surface area contributed by atoms with Crippen LogP contribution in [0.2, 0.25) is 10.0 Å². The lowest BCUT2D eigenvalue weighted by Crippen LogP contribution is -2.46. The second-order valence-electron chi connectivity index (χ2n) is 7.04. The minimum absolute atomic E-state index is 0. The molecule has 5 nitrogen and oxygen atoms in total. The maximum absolute atomic E-state index is 11.6. The van der Waals surface area contributed by atoms with Crippen LogP contribution in [0.5, 0.6) is 0 Å². The Morgan fingerprint density at radius 1 is 1.29 bits per heavy atom. The number of likely N-dealkylation sites (tertiary alicyclic amines) is 1.